The van der Waals surface area contributed by atoms with Gasteiger partial charge in [0, 0.05) is 18.7 Å². The smallest absolute Gasteiger partial charge is 0.331 e. The summed E-state index contributed by atoms with van der Waals surface area (Å²) in [7, 11) is -2.35. The minimum absolute atomic E-state index is 0.142. The zero-order valence-electron chi connectivity index (χ0n) is 14.6. The number of rotatable bonds is 3. The molecule has 2 rings (SSSR count). The van der Waals surface area contributed by atoms with Crippen molar-refractivity contribution in [3.63, 3.8) is 0 Å². The molecule has 1 aliphatic heterocycles. The van der Waals surface area contributed by atoms with Crippen molar-refractivity contribution in [2.75, 3.05) is 6.61 Å². The highest BCUT2D eigenvalue weighted by molar-refractivity contribution is 14.1. The molecule has 0 saturated carbocycles. The van der Waals surface area contributed by atoms with Crippen LogP contribution in [0.15, 0.2) is 21.9 Å². The van der Waals surface area contributed by atoms with Crippen LogP contribution in [0.3, 0.4) is 0 Å². The van der Waals surface area contributed by atoms with Gasteiger partial charge in [-0.25, -0.2) is 4.79 Å². The molecule has 0 radical (unpaired) electrons. The molecule has 0 spiro atoms. The highest BCUT2D eigenvalue weighted by Gasteiger charge is 2.65. The lowest BCUT2D eigenvalue weighted by molar-refractivity contribution is -0.0672. The molecular formula is C15H25IN2O5Si. The van der Waals surface area contributed by atoms with Gasteiger partial charge >= 0.3 is 5.69 Å². The molecule has 0 bridgehead atoms. The Morgan fingerprint density at radius 2 is 2.04 bits per heavy atom. The van der Waals surface area contributed by atoms with E-state index in [1.807, 2.05) is 22.6 Å². The predicted molar refractivity (Wildman–Crippen MR) is 102 cm³/mol. The number of H-pyrrole nitrogens is 1. The second-order valence-corrected chi connectivity index (χ2v) is 15.2. The second kappa shape index (κ2) is 6.04. The van der Waals surface area contributed by atoms with Crippen molar-refractivity contribution < 1.29 is 14.9 Å². The van der Waals surface area contributed by atoms with Crippen LogP contribution >= 0.6 is 22.6 Å². The zero-order valence-corrected chi connectivity index (χ0v) is 17.7. The summed E-state index contributed by atoms with van der Waals surface area (Å²) in [6.45, 7) is 10.0. The van der Waals surface area contributed by atoms with E-state index in [2.05, 4.69) is 38.8 Å². The molecule has 24 heavy (non-hydrogen) atoms. The first-order chi connectivity index (χ1) is 10.8. The first-order valence-corrected chi connectivity index (χ1v) is 11.9. The number of aliphatic hydroxyl groups is 2. The van der Waals surface area contributed by atoms with E-state index in [0.717, 1.165) is 0 Å². The van der Waals surface area contributed by atoms with Crippen molar-refractivity contribution in [3.8, 4) is 0 Å². The largest absolute Gasteiger partial charge is 0.394 e. The predicted octanol–water partition coefficient (Wildman–Crippen LogP) is 1.14. The fourth-order valence-corrected chi connectivity index (χ4v) is 7.65. The van der Waals surface area contributed by atoms with Crippen LogP contribution in [-0.4, -0.2) is 45.8 Å². The normalized spacial score (nSPS) is 31.4. The van der Waals surface area contributed by atoms with Gasteiger partial charge < -0.3 is 14.9 Å². The molecule has 136 valence electrons. The van der Waals surface area contributed by atoms with Crippen molar-refractivity contribution in [2.45, 2.75) is 60.4 Å². The minimum Gasteiger partial charge on any atom is -0.394 e. The van der Waals surface area contributed by atoms with E-state index in [-0.39, 0.29) is 18.1 Å². The summed E-state index contributed by atoms with van der Waals surface area (Å²) in [5.74, 6) is 0. The monoisotopic (exact) mass is 468 g/mol. The number of ether oxygens (including phenoxy) is 1. The third kappa shape index (κ3) is 2.94. The number of alkyl halides is 1. The van der Waals surface area contributed by atoms with Gasteiger partial charge in [0.05, 0.1) is 19.9 Å². The molecule has 1 aromatic rings. The lowest BCUT2D eigenvalue weighted by atomic mass is 10.1. The van der Waals surface area contributed by atoms with Crippen LogP contribution in [0.5, 0.6) is 0 Å². The van der Waals surface area contributed by atoms with Gasteiger partial charge in [-0.2, -0.15) is 0 Å². The Hall–Kier alpha value is -0.493. The van der Waals surface area contributed by atoms with Gasteiger partial charge in [-0.15, -0.1) is 0 Å². The Morgan fingerprint density at radius 1 is 1.46 bits per heavy atom. The van der Waals surface area contributed by atoms with Crippen molar-refractivity contribution >= 4 is 30.7 Å². The average molecular weight is 468 g/mol. The summed E-state index contributed by atoms with van der Waals surface area (Å²) >= 11 is 1.97. The van der Waals surface area contributed by atoms with Crippen molar-refractivity contribution in [3.05, 3.63) is 33.1 Å². The standard InChI is InChI=1S/C15H25IN2O5Si/c1-13(2,3)24(4,5)14(22)9-15(16,23-10(14)8-19)18-7-6-11(20)17-12(18)21/h6-7,10,19,22H,8-9H2,1-5H3,(H,17,20,21)/t10-,14-,15+/m1/s1. The number of aromatic nitrogens is 2. The number of hydrogen-bond donors (Lipinski definition) is 3. The van der Waals surface area contributed by atoms with E-state index in [1.165, 1.54) is 16.8 Å². The maximum atomic E-state index is 12.2. The van der Waals surface area contributed by atoms with E-state index < -0.39 is 34.4 Å². The Labute approximate surface area is 155 Å². The molecule has 3 N–H and O–H groups in total. The Balaban J connectivity index is 2.56. The van der Waals surface area contributed by atoms with E-state index in [4.69, 9.17) is 4.74 Å². The molecule has 0 aromatic carbocycles. The van der Waals surface area contributed by atoms with Crippen LogP contribution in [0.25, 0.3) is 0 Å². The molecule has 0 aliphatic carbocycles. The fourth-order valence-electron chi connectivity index (χ4n) is 3.09. The fraction of sp³-hybridized carbons (Fsp3) is 0.733. The zero-order chi connectivity index (χ0) is 18.6. The van der Waals surface area contributed by atoms with Gasteiger partial charge in [0.1, 0.15) is 6.10 Å². The third-order valence-electron chi connectivity index (χ3n) is 5.65. The SMILES string of the molecule is CC(C)(C)[Si](C)(C)[C@]1(O)C[C@](I)(n2ccc(=O)[nH]c2=O)O[C@@H]1CO. The molecule has 0 unspecified atom stereocenters. The number of aromatic amines is 1. The summed E-state index contributed by atoms with van der Waals surface area (Å²) < 4.78 is 6.06. The Kier molecular flexibility index (Phi) is 4.99. The number of halogens is 1. The molecule has 1 fully saturated rings. The highest BCUT2D eigenvalue weighted by atomic mass is 127. The Morgan fingerprint density at radius 3 is 2.50 bits per heavy atom. The van der Waals surface area contributed by atoms with Gasteiger partial charge in [-0.05, 0) is 27.6 Å². The van der Waals surface area contributed by atoms with Crippen molar-refractivity contribution in [1.29, 1.82) is 0 Å². The topological polar surface area (TPSA) is 105 Å². The molecule has 1 aromatic heterocycles. The first-order valence-electron chi connectivity index (χ1n) is 7.81. The second-order valence-electron chi connectivity index (χ2n) is 7.93. The lowest BCUT2D eigenvalue weighted by Gasteiger charge is -2.49. The van der Waals surface area contributed by atoms with Gasteiger partial charge in [0.2, 0.25) is 3.73 Å². The maximum absolute atomic E-state index is 12.2. The van der Waals surface area contributed by atoms with Crippen LogP contribution in [0, 0.1) is 0 Å². The van der Waals surface area contributed by atoms with E-state index in [1.54, 1.807) is 0 Å². The number of aliphatic hydroxyl groups excluding tert-OH is 1. The highest BCUT2D eigenvalue weighted by Crippen LogP contribution is 2.54. The van der Waals surface area contributed by atoms with Crippen LogP contribution < -0.4 is 11.2 Å². The number of hydrogen-bond acceptors (Lipinski definition) is 5. The van der Waals surface area contributed by atoms with E-state index in [0.29, 0.717) is 0 Å². The Bertz CT molecular complexity index is 740. The number of nitrogens with one attached hydrogen (secondary N) is 1. The van der Waals surface area contributed by atoms with Gasteiger partial charge in [0.25, 0.3) is 5.56 Å². The molecular weight excluding hydrogens is 443 g/mol. The third-order valence-corrected chi connectivity index (χ3v) is 13.2. The van der Waals surface area contributed by atoms with Gasteiger partial charge in [0.15, 0.2) is 0 Å². The van der Waals surface area contributed by atoms with Gasteiger partial charge in [-0.3, -0.25) is 14.3 Å². The molecule has 7 nitrogen and oxygen atoms in total. The first kappa shape index (κ1) is 19.8. The molecule has 1 saturated heterocycles. The molecule has 1 aliphatic rings. The van der Waals surface area contributed by atoms with Crippen molar-refractivity contribution in [2.24, 2.45) is 0 Å². The van der Waals surface area contributed by atoms with Crippen LogP contribution in [0.1, 0.15) is 27.2 Å². The quantitative estimate of drug-likeness (QED) is 0.351. The summed E-state index contributed by atoms with van der Waals surface area (Å²) in [5.41, 5.74) is -1.10. The summed E-state index contributed by atoms with van der Waals surface area (Å²) in [4.78, 5) is 25.7. The maximum Gasteiger partial charge on any atom is 0.331 e. The van der Waals surface area contributed by atoms with E-state index >= 15 is 0 Å². The van der Waals surface area contributed by atoms with Gasteiger partial charge in [-0.1, -0.05) is 33.9 Å². The number of nitrogens with zero attached hydrogens (tertiary/aromatic N) is 1. The van der Waals surface area contributed by atoms with E-state index in [9.17, 15) is 19.8 Å². The minimum atomic E-state index is -2.35. The van der Waals surface area contributed by atoms with Crippen molar-refractivity contribution in [1.82, 2.24) is 9.55 Å². The molecule has 3 atom stereocenters. The van der Waals surface area contributed by atoms with Crippen LogP contribution in [0.2, 0.25) is 18.1 Å². The average Bonchev–Trinajstić information content (AvgIpc) is 2.70. The summed E-state index contributed by atoms with van der Waals surface area (Å²) in [5, 5.41) is 20.0. The lowest BCUT2D eigenvalue weighted by Crippen LogP contribution is -2.64. The van der Waals surface area contributed by atoms with Crippen LogP contribution in [-0.2, 0) is 8.47 Å². The molecule has 0 amide bonds. The molecule has 2 heterocycles. The van der Waals surface area contributed by atoms with Crippen LogP contribution in [0.4, 0.5) is 0 Å². The summed E-state index contributed by atoms with van der Waals surface area (Å²) in [6.07, 6.45) is 0.724. The molecule has 9 heteroatoms. The summed E-state index contributed by atoms with van der Waals surface area (Å²) in [6, 6.07) is 1.24.